The maximum Gasteiger partial charge on any atom is 0.116 e. The van der Waals surface area contributed by atoms with E-state index in [2.05, 4.69) is 55.5 Å². The zero-order valence-corrected chi connectivity index (χ0v) is 12.9. The van der Waals surface area contributed by atoms with Gasteiger partial charge in [-0.05, 0) is 37.1 Å². The van der Waals surface area contributed by atoms with Crippen LogP contribution < -0.4 is 5.32 Å². The first-order valence-electron chi connectivity index (χ1n) is 6.44. The number of H-pyrrole nitrogens is 1. The number of rotatable bonds is 6. The van der Waals surface area contributed by atoms with Crippen LogP contribution in [0.4, 0.5) is 0 Å². The van der Waals surface area contributed by atoms with Crippen molar-refractivity contribution in [2.75, 3.05) is 0 Å². The minimum absolute atomic E-state index is 0.740. The SMILES string of the molecule is Brc1ccc(SCc2ncc(CNC3CC3)[nH]2)cc1. The van der Waals surface area contributed by atoms with E-state index in [0.717, 1.165) is 28.6 Å². The van der Waals surface area contributed by atoms with E-state index in [1.54, 1.807) is 11.8 Å². The Morgan fingerprint density at radius 1 is 1.32 bits per heavy atom. The molecule has 3 nitrogen and oxygen atoms in total. The molecule has 19 heavy (non-hydrogen) atoms. The Hall–Kier alpha value is -0.780. The van der Waals surface area contributed by atoms with Gasteiger partial charge in [0.2, 0.25) is 0 Å². The molecule has 1 saturated carbocycles. The number of benzene rings is 1. The zero-order chi connectivity index (χ0) is 13.1. The summed E-state index contributed by atoms with van der Waals surface area (Å²) in [5.74, 6) is 1.92. The Morgan fingerprint density at radius 3 is 2.84 bits per heavy atom. The molecule has 3 rings (SSSR count). The molecule has 1 fully saturated rings. The molecule has 1 aromatic heterocycles. The Kier molecular flexibility index (Phi) is 4.25. The van der Waals surface area contributed by atoms with Gasteiger partial charge in [-0.15, -0.1) is 11.8 Å². The lowest BCUT2D eigenvalue weighted by molar-refractivity contribution is 0.676. The summed E-state index contributed by atoms with van der Waals surface area (Å²) in [5.41, 5.74) is 1.18. The quantitative estimate of drug-likeness (QED) is 0.789. The molecule has 0 saturated heterocycles. The van der Waals surface area contributed by atoms with E-state index in [4.69, 9.17) is 0 Å². The van der Waals surface area contributed by atoms with E-state index in [1.165, 1.54) is 23.4 Å². The lowest BCUT2D eigenvalue weighted by Gasteiger charge is -2.00. The molecule has 0 bridgehead atoms. The summed E-state index contributed by atoms with van der Waals surface area (Å²) in [4.78, 5) is 9.06. The Morgan fingerprint density at radius 2 is 2.11 bits per heavy atom. The maximum atomic E-state index is 4.42. The van der Waals surface area contributed by atoms with Crippen LogP contribution in [-0.4, -0.2) is 16.0 Å². The van der Waals surface area contributed by atoms with Crippen LogP contribution in [0.25, 0.3) is 0 Å². The van der Waals surface area contributed by atoms with Crippen LogP contribution in [-0.2, 0) is 12.3 Å². The second-order valence-corrected chi connectivity index (χ2v) is 6.72. The summed E-state index contributed by atoms with van der Waals surface area (Å²) in [6, 6.07) is 9.11. The van der Waals surface area contributed by atoms with Gasteiger partial charge in [0.25, 0.3) is 0 Å². The highest BCUT2D eigenvalue weighted by Gasteiger charge is 2.20. The van der Waals surface area contributed by atoms with Crippen molar-refractivity contribution in [2.24, 2.45) is 0 Å². The number of imidazole rings is 1. The molecule has 1 aromatic carbocycles. The number of nitrogens with zero attached hydrogens (tertiary/aromatic N) is 1. The molecule has 1 aliphatic rings. The van der Waals surface area contributed by atoms with Crippen LogP contribution in [0.3, 0.4) is 0 Å². The van der Waals surface area contributed by atoms with Gasteiger partial charge in [-0.25, -0.2) is 4.98 Å². The molecule has 0 spiro atoms. The average Bonchev–Trinajstić information content (AvgIpc) is 3.15. The fourth-order valence-electron chi connectivity index (χ4n) is 1.79. The standard InChI is InChI=1S/C14H16BrN3S/c15-10-1-5-13(6-2-10)19-9-14-17-8-12(18-14)7-16-11-3-4-11/h1-2,5-6,8,11,16H,3-4,7,9H2,(H,17,18). The van der Waals surface area contributed by atoms with Crippen LogP contribution in [0.2, 0.25) is 0 Å². The van der Waals surface area contributed by atoms with Gasteiger partial charge < -0.3 is 10.3 Å². The smallest absolute Gasteiger partial charge is 0.116 e. The first-order valence-corrected chi connectivity index (χ1v) is 8.22. The highest BCUT2D eigenvalue weighted by molar-refractivity contribution is 9.10. The second-order valence-electron chi connectivity index (χ2n) is 4.75. The minimum Gasteiger partial charge on any atom is -0.344 e. The van der Waals surface area contributed by atoms with Gasteiger partial charge in [0.15, 0.2) is 0 Å². The van der Waals surface area contributed by atoms with E-state index >= 15 is 0 Å². The Labute approximate surface area is 125 Å². The number of aromatic nitrogens is 2. The van der Waals surface area contributed by atoms with Gasteiger partial charge >= 0.3 is 0 Å². The molecule has 5 heteroatoms. The molecule has 0 aliphatic heterocycles. The molecule has 0 unspecified atom stereocenters. The van der Waals surface area contributed by atoms with Crippen LogP contribution in [0, 0.1) is 0 Å². The molecule has 1 aliphatic carbocycles. The van der Waals surface area contributed by atoms with Gasteiger partial charge in [0.1, 0.15) is 5.82 Å². The number of hydrogen-bond acceptors (Lipinski definition) is 3. The van der Waals surface area contributed by atoms with Crippen molar-refractivity contribution in [1.29, 1.82) is 0 Å². The van der Waals surface area contributed by atoms with E-state index in [-0.39, 0.29) is 0 Å². The molecule has 1 heterocycles. The van der Waals surface area contributed by atoms with E-state index in [1.807, 2.05) is 6.20 Å². The minimum atomic E-state index is 0.740. The predicted octanol–water partition coefficient (Wildman–Crippen LogP) is 3.72. The van der Waals surface area contributed by atoms with Crippen molar-refractivity contribution in [3.8, 4) is 0 Å². The summed E-state index contributed by atoms with van der Waals surface area (Å²) >= 11 is 5.24. The van der Waals surface area contributed by atoms with Crippen LogP contribution in [0.1, 0.15) is 24.4 Å². The third-order valence-electron chi connectivity index (χ3n) is 3.03. The lowest BCUT2D eigenvalue weighted by atomic mass is 10.4. The van der Waals surface area contributed by atoms with E-state index < -0.39 is 0 Å². The molecular formula is C14H16BrN3S. The predicted molar refractivity (Wildman–Crippen MR) is 82.2 cm³/mol. The summed E-state index contributed by atoms with van der Waals surface area (Å²) in [6.45, 7) is 0.903. The lowest BCUT2D eigenvalue weighted by Crippen LogP contribution is -2.15. The van der Waals surface area contributed by atoms with E-state index in [9.17, 15) is 0 Å². The third kappa shape index (κ3) is 4.09. The molecule has 0 radical (unpaired) electrons. The van der Waals surface area contributed by atoms with Crippen LogP contribution in [0.5, 0.6) is 0 Å². The summed E-state index contributed by atoms with van der Waals surface area (Å²) in [5, 5.41) is 3.48. The van der Waals surface area contributed by atoms with Gasteiger partial charge in [-0.2, -0.15) is 0 Å². The molecule has 100 valence electrons. The average molecular weight is 338 g/mol. The van der Waals surface area contributed by atoms with E-state index in [0.29, 0.717) is 0 Å². The molecule has 2 N–H and O–H groups in total. The van der Waals surface area contributed by atoms with Crippen LogP contribution >= 0.6 is 27.7 Å². The first kappa shape index (κ1) is 13.2. The van der Waals surface area contributed by atoms with Crippen molar-refractivity contribution < 1.29 is 0 Å². The fourth-order valence-corrected chi connectivity index (χ4v) is 2.84. The molecule has 0 amide bonds. The number of nitrogens with one attached hydrogen (secondary N) is 2. The Balaban J connectivity index is 1.50. The highest BCUT2D eigenvalue weighted by atomic mass is 79.9. The van der Waals surface area contributed by atoms with Crippen molar-refractivity contribution in [2.45, 2.75) is 36.1 Å². The third-order valence-corrected chi connectivity index (χ3v) is 4.58. The maximum absolute atomic E-state index is 4.42. The highest BCUT2D eigenvalue weighted by Crippen LogP contribution is 2.23. The molecule has 0 atom stereocenters. The first-order chi connectivity index (χ1) is 9.29. The van der Waals surface area contributed by atoms with Crippen molar-refractivity contribution in [3.05, 3.63) is 46.5 Å². The largest absolute Gasteiger partial charge is 0.344 e. The molecule has 2 aromatic rings. The zero-order valence-electron chi connectivity index (χ0n) is 10.5. The van der Waals surface area contributed by atoms with Gasteiger partial charge in [0.05, 0.1) is 5.75 Å². The monoisotopic (exact) mass is 337 g/mol. The Bertz CT molecular complexity index is 534. The summed E-state index contributed by atoms with van der Waals surface area (Å²) in [6.07, 6.45) is 4.58. The number of hydrogen-bond donors (Lipinski definition) is 2. The summed E-state index contributed by atoms with van der Waals surface area (Å²) < 4.78 is 1.11. The van der Waals surface area contributed by atoms with Crippen molar-refractivity contribution in [1.82, 2.24) is 15.3 Å². The van der Waals surface area contributed by atoms with Gasteiger partial charge in [0, 0.05) is 33.8 Å². The van der Waals surface area contributed by atoms with Gasteiger partial charge in [-0.1, -0.05) is 15.9 Å². The number of thioether (sulfide) groups is 1. The van der Waals surface area contributed by atoms with Crippen LogP contribution in [0.15, 0.2) is 39.8 Å². The fraction of sp³-hybridized carbons (Fsp3) is 0.357. The topological polar surface area (TPSA) is 40.7 Å². The summed E-state index contributed by atoms with van der Waals surface area (Å²) in [7, 11) is 0. The second kappa shape index (κ2) is 6.11. The van der Waals surface area contributed by atoms with Crippen molar-refractivity contribution >= 4 is 27.7 Å². The molecular weight excluding hydrogens is 322 g/mol. The normalized spacial score (nSPS) is 14.8. The number of aromatic amines is 1. The van der Waals surface area contributed by atoms with Crippen molar-refractivity contribution in [3.63, 3.8) is 0 Å². The van der Waals surface area contributed by atoms with Gasteiger partial charge in [-0.3, -0.25) is 0 Å². The number of halogens is 1.